The number of piperidine rings is 1. The third kappa shape index (κ3) is 5.84. The summed E-state index contributed by atoms with van der Waals surface area (Å²) < 4.78 is 10.8. The number of carbonyl (C=O) groups is 3. The summed E-state index contributed by atoms with van der Waals surface area (Å²) in [5, 5.41) is 3.15. The Kier molecular flexibility index (Phi) is 7.73. The number of nitrogens with one attached hydrogen (secondary N) is 1. The molecule has 2 fully saturated rings. The summed E-state index contributed by atoms with van der Waals surface area (Å²) in [6.45, 7) is 1.13. The van der Waals surface area contributed by atoms with E-state index < -0.39 is 5.54 Å². The zero-order chi connectivity index (χ0) is 24.8. The fourth-order valence-corrected chi connectivity index (χ4v) is 5.32. The second-order valence-corrected chi connectivity index (χ2v) is 9.60. The quantitative estimate of drug-likeness (QED) is 0.554. The number of ketones is 1. The highest BCUT2D eigenvalue weighted by Gasteiger charge is 2.39. The van der Waals surface area contributed by atoms with E-state index in [1.807, 2.05) is 53.4 Å². The van der Waals surface area contributed by atoms with Crippen LogP contribution in [0.3, 0.4) is 0 Å². The van der Waals surface area contributed by atoms with E-state index in [1.54, 1.807) is 14.2 Å². The van der Waals surface area contributed by atoms with Gasteiger partial charge in [-0.25, -0.2) is 0 Å². The van der Waals surface area contributed by atoms with Crippen LogP contribution in [-0.4, -0.2) is 55.3 Å². The molecule has 35 heavy (non-hydrogen) atoms. The molecule has 2 aliphatic rings. The molecule has 0 aromatic heterocycles. The average Bonchev–Trinajstić information content (AvgIpc) is 3.27. The average molecular weight is 479 g/mol. The van der Waals surface area contributed by atoms with Crippen LogP contribution in [0.25, 0.3) is 0 Å². The number of likely N-dealkylation sites (tertiary alicyclic amines) is 1. The third-order valence-electron chi connectivity index (χ3n) is 7.25. The number of hydrogen-bond donors (Lipinski definition) is 1. The highest BCUT2D eigenvalue weighted by atomic mass is 16.5. The lowest BCUT2D eigenvalue weighted by molar-refractivity contribution is -0.133. The summed E-state index contributed by atoms with van der Waals surface area (Å²) in [6, 6.07) is 15.1. The van der Waals surface area contributed by atoms with Gasteiger partial charge in [-0.15, -0.1) is 0 Å². The van der Waals surface area contributed by atoms with Crippen LogP contribution in [0.2, 0.25) is 0 Å². The largest absolute Gasteiger partial charge is 0.493 e. The number of carbonyl (C=O) groups excluding carboxylic acids is 3. The Morgan fingerprint density at radius 2 is 1.86 bits per heavy atom. The van der Waals surface area contributed by atoms with Gasteiger partial charge in [-0.1, -0.05) is 36.4 Å². The number of Topliss-reactive ketones (excluding diaryl/α,β-unsaturated/α-hetero) is 1. The van der Waals surface area contributed by atoms with E-state index in [2.05, 4.69) is 5.32 Å². The van der Waals surface area contributed by atoms with E-state index in [-0.39, 0.29) is 23.5 Å². The zero-order valence-electron chi connectivity index (χ0n) is 20.5. The van der Waals surface area contributed by atoms with Crippen molar-refractivity contribution in [3.63, 3.8) is 0 Å². The smallest absolute Gasteiger partial charge is 0.222 e. The molecular weight excluding hydrogens is 444 g/mol. The van der Waals surface area contributed by atoms with Crippen molar-refractivity contribution in [2.24, 2.45) is 5.92 Å². The van der Waals surface area contributed by atoms with E-state index in [1.165, 1.54) is 0 Å². The first-order valence-corrected chi connectivity index (χ1v) is 12.3. The Hall–Kier alpha value is -3.35. The van der Waals surface area contributed by atoms with Crippen molar-refractivity contribution in [1.82, 2.24) is 10.2 Å². The molecule has 2 heterocycles. The van der Waals surface area contributed by atoms with Crippen LogP contribution in [0, 0.1) is 5.92 Å². The summed E-state index contributed by atoms with van der Waals surface area (Å²) in [6.07, 6.45) is 4.27. The zero-order valence-corrected chi connectivity index (χ0v) is 20.5. The maximum Gasteiger partial charge on any atom is 0.222 e. The minimum Gasteiger partial charge on any atom is -0.493 e. The van der Waals surface area contributed by atoms with Crippen molar-refractivity contribution >= 4 is 17.6 Å². The molecule has 7 nitrogen and oxygen atoms in total. The molecule has 0 spiro atoms. The summed E-state index contributed by atoms with van der Waals surface area (Å²) in [5.74, 6) is 1.30. The highest BCUT2D eigenvalue weighted by molar-refractivity contribution is 5.98. The summed E-state index contributed by atoms with van der Waals surface area (Å²) in [4.78, 5) is 40.1. The first kappa shape index (κ1) is 24.8. The van der Waals surface area contributed by atoms with Gasteiger partial charge >= 0.3 is 0 Å². The Morgan fingerprint density at radius 3 is 2.54 bits per heavy atom. The van der Waals surface area contributed by atoms with Crippen molar-refractivity contribution in [3.05, 3.63) is 59.7 Å². The first-order chi connectivity index (χ1) is 16.9. The highest BCUT2D eigenvalue weighted by Crippen LogP contribution is 2.34. The third-order valence-corrected chi connectivity index (χ3v) is 7.25. The fourth-order valence-electron chi connectivity index (χ4n) is 5.32. The van der Waals surface area contributed by atoms with Crippen LogP contribution >= 0.6 is 0 Å². The molecule has 2 atom stereocenters. The van der Waals surface area contributed by atoms with Gasteiger partial charge in [0.1, 0.15) is 0 Å². The fraction of sp³-hybridized carbons (Fsp3) is 0.464. The lowest BCUT2D eigenvalue weighted by atomic mass is 9.84. The number of benzene rings is 2. The Morgan fingerprint density at radius 1 is 1.09 bits per heavy atom. The van der Waals surface area contributed by atoms with Crippen LogP contribution in [-0.2, 0) is 16.0 Å². The molecule has 2 aliphatic heterocycles. The molecule has 4 rings (SSSR count). The topological polar surface area (TPSA) is 84.9 Å². The molecule has 2 aromatic rings. The van der Waals surface area contributed by atoms with Gasteiger partial charge in [0, 0.05) is 43.0 Å². The Balaban J connectivity index is 1.40. The molecule has 0 bridgehead atoms. The Labute approximate surface area is 206 Å². The summed E-state index contributed by atoms with van der Waals surface area (Å²) >= 11 is 0. The van der Waals surface area contributed by atoms with Crippen LogP contribution in [0.15, 0.2) is 48.5 Å². The van der Waals surface area contributed by atoms with E-state index >= 15 is 0 Å². The molecule has 2 amide bonds. The normalized spacial score (nSPS) is 21.9. The van der Waals surface area contributed by atoms with Crippen LogP contribution < -0.4 is 14.8 Å². The van der Waals surface area contributed by atoms with Gasteiger partial charge in [0.15, 0.2) is 17.3 Å². The van der Waals surface area contributed by atoms with Crippen molar-refractivity contribution in [2.75, 3.05) is 27.3 Å². The minimum absolute atomic E-state index is 0.0180. The molecule has 0 unspecified atom stereocenters. The Bertz CT molecular complexity index is 1070. The molecule has 186 valence electrons. The van der Waals surface area contributed by atoms with Gasteiger partial charge in [0.25, 0.3) is 0 Å². The van der Waals surface area contributed by atoms with Crippen LogP contribution in [0.5, 0.6) is 11.5 Å². The standard InChI is InChI=1S/C28H34N2O5/c1-34-23-11-10-20(17-24(23)35-2)18-28(14-12-25(31)29-28)15-13-26(32)30-16-6-9-22(19-30)27(33)21-7-4-3-5-8-21/h3-5,7-8,10-11,17,22H,6,9,12-16,18-19H2,1-2H3,(H,29,31)/t22-,28+/m0/s1. The van der Waals surface area contributed by atoms with Crippen LogP contribution in [0.1, 0.15) is 54.4 Å². The van der Waals surface area contributed by atoms with Crippen molar-refractivity contribution in [1.29, 1.82) is 0 Å². The van der Waals surface area contributed by atoms with Crippen molar-refractivity contribution < 1.29 is 23.9 Å². The van der Waals surface area contributed by atoms with E-state index in [4.69, 9.17) is 9.47 Å². The van der Waals surface area contributed by atoms with Gasteiger partial charge in [-0.3, -0.25) is 14.4 Å². The molecule has 1 N–H and O–H groups in total. The predicted molar refractivity (Wildman–Crippen MR) is 133 cm³/mol. The molecule has 7 heteroatoms. The minimum atomic E-state index is -0.471. The van der Waals surface area contributed by atoms with E-state index in [0.29, 0.717) is 62.3 Å². The molecule has 2 aromatic carbocycles. The molecule has 0 saturated carbocycles. The lowest BCUT2D eigenvalue weighted by Gasteiger charge is -2.34. The van der Waals surface area contributed by atoms with Gasteiger partial charge in [0.2, 0.25) is 11.8 Å². The summed E-state index contributed by atoms with van der Waals surface area (Å²) in [7, 11) is 3.20. The van der Waals surface area contributed by atoms with Gasteiger partial charge in [-0.2, -0.15) is 0 Å². The summed E-state index contributed by atoms with van der Waals surface area (Å²) in [5.41, 5.74) is 1.25. The molecule has 0 radical (unpaired) electrons. The van der Waals surface area contributed by atoms with E-state index in [0.717, 1.165) is 18.4 Å². The maximum absolute atomic E-state index is 13.2. The second-order valence-electron chi connectivity index (χ2n) is 9.60. The van der Waals surface area contributed by atoms with Crippen molar-refractivity contribution in [2.45, 2.75) is 50.5 Å². The number of amides is 2. The maximum atomic E-state index is 13.2. The van der Waals surface area contributed by atoms with Gasteiger partial charge < -0.3 is 19.7 Å². The molecule has 2 saturated heterocycles. The van der Waals surface area contributed by atoms with Crippen LogP contribution in [0.4, 0.5) is 0 Å². The number of hydrogen-bond acceptors (Lipinski definition) is 5. The molecular formula is C28H34N2O5. The van der Waals surface area contributed by atoms with Gasteiger partial charge in [0.05, 0.1) is 14.2 Å². The predicted octanol–water partition coefficient (Wildman–Crippen LogP) is 3.80. The number of rotatable bonds is 9. The monoisotopic (exact) mass is 478 g/mol. The van der Waals surface area contributed by atoms with Gasteiger partial charge in [-0.05, 0) is 49.8 Å². The van der Waals surface area contributed by atoms with Crippen molar-refractivity contribution in [3.8, 4) is 11.5 Å². The lowest BCUT2D eigenvalue weighted by Crippen LogP contribution is -2.46. The number of ether oxygens (including phenoxy) is 2. The number of methoxy groups -OCH3 is 2. The van der Waals surface area contributed by atoms with E-state index in [9.17, 15) is 14.4 Å². The second kappa shape index (κ2) is 10.9. The first-order valence-electron chi connectivity index (χ1n) is 12.3. The SMILES string of the molecule is COc1ccc(C[C@]2(CCC(=O)N3CCC[C@H](C(=O)c4ccccc4)C3)CCC(=O)N2)cc1OC. The molecule has 0 aliphatic carbocycles. The number of nitrogens with zero attached hydrogens (tertiary/aromatic N) is 1.